The maximum atomic E-state index is 11.0. The Hall–Kier alpha value is -0.0800. The van der Waals surface area contributed by atoms with Gasteiger partial charge in [-0.25, -0.2) is 0 Å². The molecule has 0 aliphatic carbocycles. The molecule has 1 unspecified atom stereocenters. The molecule has 0 radical (unpaired) electrons. The molecule has 0 aliphatic heterocycles. The molecule has 128 valence electrons. The Morgan fingerprint density at radius 3 is 1.43 bits per heavy atom. The minimum atomic E-state index is -0.395. The Morgan fingerprint density at radius 1 is 0.714 bits per heavy atom. The number of rotatable bonds is 8. The third-order valence-corrected chi connectivity index (χ3v) is 5.32. The highest BCUT2D eigenvalue weighted by molar-refractivity contribution is 4.94. The lowest BCUT2D eigenvalue weighted by Crippen LogP contribution is -2.46. The number of hydrogen-bond acceptors (Lipinski definition) is 2. The second-order valence-electron chi connectivity index (χ2n) is 10.2. The Kier molecular flexibility index (Phi) is 6.55. The zero-order valence-corrected chi connectivity index (χ0v) is 16.2. The smallest absolute Gasteiger partial charge is 0.0642 e. The molecular weight excluding hydrogens is 260 g/mol. The van der Waals surface area contributed by atoms with E-state index in [-0.39, 0.29) is 28.3 Å². The van der Waals surface area contributed by atoms with Gasteiger partial charge in [0.1, 0.15) is 0 Å². The van der Waals surface area contributed by atoms with Gasteiger partial charge in [0.05, 0.1) is 6.10 Å². The maximum absolute atomic E-state index is 11.0. The summed E-state index contributed by atoms with van der Waals surface area (Å²) in [5.74, 6) is 0.584. The van der Waals surface area contributed by atoms with Crippen LogP contribution in [0.3, 0.4) is 0 Å². The summed E-state index contributed by atoms with van der Waals surface area (Å²) in [4.78, 5) is 0. The highest BCUT2D eigenvalue weighted by Gasteiger charge is 2.44. The van der Waals surface area contributed by atoms with Crippen LogP contribution < -0.4 is 0 Å². The van der Waals surface area contributed by atoms with Crippen LogP contribution in [0.25, 0.3) is 0 Å². The minimum absolute atomic E-state index is 0.150. The average Bonchev–Trinajstić information content (AvgIpc) is 2.25. The Labute approximate surface area is 133 Å². The van der Waals surface area contributed by atoms with E-state index in [9.17, 15) is 10.2 Å². The van der Waals surface area contributed by atoms with Gasteiger partial charge in [-0.15, -0.1) is 0 Å². The first-order chi connectivity index (χ1) is 9.07. The third-order valence-electron chi connectivity index (χ3n) is 5.32. The van der Waals surface area contributed by atoms with Crippen molar-refractivity contribution in [3.05, 3.63) is 0 Å². The van der Waals surface area contributed by atoms with Gasteiger partial charge in [-0.2, -0.15) is 0 Å². The standard InChI is InChI=1S/C19H40O2/c1-14(2)17(5,6)12-19(9,10)15(21)18(7,8)11-16(3,4)13-20/h14-15,20-21H,11-13H2,1-10H3. The highest BCUT2D eigenvalue weighted by Crippen LogP contribution is 2.48. The molecule has 2 heteroatoms. The SMILES string of the molecule is CC(C)C(C)(C)CC(C)(C)C(O)C(C)(C)CC(C)(C)CO. The van der Waals surface area contributed by atoms with Crippen LogP contribution in [-0.4, -0.2) is 22.9 Å². The lowest BCUT2D eigenvalue weighted by Gasteiger charge is -2.47. The fourth-order valence-electron chi connectivity index (χ4n) is 3.92. The van der Waals surface area contributed by atoms with Crippen molar-refractivity contribution in [1.82, 2.24) is 0 Å². The first-order valence-corrected chi connectivity index (χ1v) is 8.36. The van der Waals surface area contributed by atoms with E-state index in [1.807, 2.05) is 0 Å². The van der Waals surface area contributed by atoms with Crippen molar-refractivity contribution in [2.75, 3.05) is 6.61 Å². The molecule has 0 aliphatic rings. The molecular formula is C19H40O2. The Balaban J connectivity index is 5.15. The molecule has 0 rings (SSSR count). The summed E-state index contributed by atoms with van der Waals surface area (Å²) in [5, 5.41) is 20.5. The second kappa shape index (κ2) is 6.58. The quantitative estimate of drug-likeness (QED) is 0.670. The molecule has 2 nitrogen and oxygen atoms in total. The predicted molar refractivity (Wildman–Crippen MR) is 92.3 cm³/mol. The minimum Gasteiger partial charge on any atom is -0.396 e. The summed E-state index contributed by atoms with van der Waals surface area (Å²) < 4.78 is 0. The molecule has 0 bridgehead atoms. The van der Waals surface area contributed by atoms with Crippen molar-refractivity contribution >= 4 is 0 Å². The van der Waals surface area contributed by atoms with Crippen LogP contribution in [0.2, 0.25) is 0 Å². The van der Waals surface area contributed by atoms with Gasteiger partial charge in [-0.1, -0.05) is 69.2 Å². The molecule has 21 heavy (non-hydrogen) atoms. The van der Waals surface area contributed by atoms with Crippen LogP contribution in [-0.2, 0) is 0 Å². The van der Waals surface area contributed by atoms with Gasteiger partial charge in [0.25, 0.3) is 0 Å². The molecule has 0 saturated carbocycles. The van der Waals surface area contributed by atoms with Gasteiger partial charge in [-0.3, -0.25) is 0 Å². The molecule has 0 aromatic carbocycles. The molecule has 0 fully saturated rings. The van der Waals surface area contributed by atoms with Crippen LogP contribution in [0.4, 0.5) is 0 Å². The lowest BCUT2D eigenvalue weighted by molar-refractivity contribution is -0.0830. The molecule has 0 heterocycles. The van der Waals surface area contributed by atoms with Crippen molar-refractivity contribution in [3.8, 4) is 0 Å². The highest BCUT2D eigenvalue weighted by atomic mass is 16.3. The van der Waals surface area contributed by atoms with Crippen LogP contribution in [0.5, 0.6) is 0 Å². The van der Waals surface area contributed by atoms with Gasteiger partial charge in [-0.05, 0) is 40.4 Å². The molecule has 0 saturated heterocycles. The van der Waals surface area contributed by atoms with Gasteiger partial charge in [0.2, 0.25) is 0 Å². The summed E-state index contributed by atoms with van der Waals surface area (Å²) in [6, 6.07) is 0. The van der Waals surface area contributed by atoms with Crippen LogP contribution in [0.15, 0.2) is 0 Å². The van der Waals surface area contributed by atoms with E-state index in [1.165, 1.54) is 0 Å². The summed E-state index contributed by atoms with van der Waals surface area (Å²) in [6.45, 7) is 22.0. The molecule has 1 atom stereocenters. The Bertz CT molecular complexity index is 324. The van der Waals surface area contributed by atoms with E-state index in [2.05, 4.69) is 69.2 Å². The van der Waals surface area contributed by atoms with Crippen LogP contribution in [0.1, 0.15) is 82.1 Å². The Morgan fingerprint density at radius 2 is 1.10 bits per heavy atom. The van der Waals surface area contributed by atoms with Crippen molar-refractivity contribution in [1.29, 1.82) is 0 Å². The van der Waals surface area contributed by atoms with E-state index >= 15 is 0 Å². The zero-order chi connectivity index (χ0) is 17.3. The van der Waals surface area contributed by atoms with Crippen molar-refractivity contribution in [3.63, 3.8) is 0 Å². The largest absolute Gasteiger partial charge is 0.396 e. The first-order valence-electron chi connectivity index (χ1n) is 8.36. The molecule has 0 amide bonds. The van der Waals surface area contributed by atoms with E-state index in [0.717, 1.165) is 12.8 Å². The number of hydrogen-bond donors (Lipinski definition) is 2. The van der Waals surface area contributed by atoms with E-state index in [0.29, 0.717) is 5.92 Å². The summed E-state index contributed by atoms with van der Waals surface area (Å²) in [7, 11) is 0. The summed E-state index contributed by atoms with van der Waals surface area (Å²) in [5.41, 5.74) is -0.327. The third kappa shape index (κ3) is 5.90. The summed E-state index contributed by atoms with van der Waals surface area (Å²) >= 11 is 0. The molecule has 0 aromatic heterocycles. The fourth-order valence-corrected chi connectivity index (χ4v) is 3.92. The maximum Gasteiger partial charge on any atom is 0.0642 e. The van der Waals surface area contributed by atoms with E-state index < -0.39 is 6.10 Å². The van der Waals surface area contributed by atoms with Crippen LogP contribution >= 0.6 is 0 Å². The first kappa shape index (κ1) is 20.9. The molecule has 2 N–H and O–H groups in total. The predicted octanol–water partition coefficient (Wildman–Crippen LogP) is 4.88. The summed E-state index contributed by atoms with van der Waals surface area (Å²) in [6.07, 6.45) is 1.40. The van der Waals surface area contributed by atoms with E-state index in [4.69, 9.17) is 0 Å². The number of aliphatic hydroxyl groups excluding tert-OH is 2. The monoisotopic (exact) mass is 300 g/mol. The number of aliphatic hydroxyl groups is 2. The van der Waals surface area contributed by atoms with Crippen LogP contribution in [0, 0.1) is 27.6 Å². The van der Waals surface area contributed by atoms with Crippen molar-refractivity contribution in [2.45, 2.75) is 88.2 Å². The fraction of sp³-hybridized carbons (Fsp3) is 1.00. The van der Waals surface area contributed by atoms with Gasteiger partial charge in [0, 0.05) is 6.61 Å². The van der Waals surface area contributed by atoms with Gasteiger partial charge in [0.15, 0.2) is 0 Å². The zero-order valence-electron chi connectivity index (χ0n) is 16.2. The van der Waals surface area contributed by atoms with Gasteiger partial charge < -0.3 is 10.2 Å². The van der Waals surface area contributed by atoms with Crippen molar-refractivity contribution in [2.24, 2.45) is 27.6 Å². The molecule has 0 spiro atoms. The topological polar surface area (TPSA) is 40.5 Å². The van der Waals surface area contributed by atoms with Gasteiger partial charge >= 0.3 is 0 Å². The van der Waals surface area contributed by atoms with E-state index in [1.54, 1.807) is 0 Å². The second-order valence-corrected chi connectivity index (χ2v) is 10.2. The lowest BCUT2D eigenvalue weighted by atomic mass is 9.60. The van der Waals surface area contributed by atoms with Crippen molar-refractivity contribution < 1.29 is 10.2 Å². The average molecular weight is 301 g/mol. The normalized spacial score (nSPS) is 16.4. The molecule has 0 aromatic rings.